The van der Waals surface area contributed by atoms with E-state index in [1.165, 1.54) is 12.4 Å². The lowest BCUT2D eigenvalue weighted by Crippen LogP contribution is -2.34. The predicted molar refractivity (Wildman–Crippen MR) is 100 cm³/mol. The van der Waals surface area contributed by atoms with Crippen molar-refractivity contribution >= 4 is 42.4 Å². The minimum atomic E-state index is -0.574. The van der Waals surface area contributed by atoms with Crippen molar-refractivity contribution in [3.8, 4) is 0 Å². The minimum absolute atomic E-state index is 0. The highest BCUT2D eigenvalue weighted by atomic mass is 35.5. The number of anilines is 1. The van der Waals surface area contributed by atoms with Gasteiger partial charge in [0.1, 0.15) is 0 Å². The second kappa shape index (κ2) is 12.0. The van der Waals surface area contributed by atoms with Crippen molar-refractivity contribution in [3.63, 3.8) is 0 Å². The van der Waals surface area contributed by atoms with Crippen molar-refractivity contribution in [2.24, 2.45) is 5.41 Å². The Labute approximate surface area is 155 Å². The summed E-state index contributed by atoms with van der Waals surface area (Å²) in [7, 11) is 0. The van der Waals surface area contributed by atoms with E-state index < -0.39 is 5.41 Å². The van der Waals surface area contributed by atoms with Crippen molar-refractivity contribution in [1.29, 1.82) is 0 Å². The number of hydrogen-bond donors (Lipinski definition) is 3. The molecule has 138 valence electrons. The van der Waals surface area contributed by atoms with Gasteiger partial charge in [-0.25, -0.2) is 9.97 Å². The van der Waals surface area contributed by atoms with Crippen molar-refractivity contribution in [2.75, 3.05) is 25.0 Å². The van der Waals surface area contributed by atoms with Crippen molar-refractivity contribution in [2.45, 2.75) is 34.1 Å². The Hall–Kier alpha value is -1.44. The Kier molecular flexibility index (Phi) is 12.4. The standard InChI is InChI=1S/C15H25N5O2.2ClH/c1-5-6-16-7-8-19-13(21)11-12(18-10-9-17-11)20-14(22)15(2,3)4;;/h9-10,16H,5-8H2,1-4H3,(H,19,21)(H,18,20,22);2*1H. The van der Waals surface area contributed by atoms with Gasteiger partial charge in [-0.15, -0.1) is 24.8 Å². The lowest BCUT2D eigenvalue weighted by Gasteiger charge is -2.18. The summed E-state index contributed by atoms with van der Waals surface area (Å²) in [5.41, 5.74) is -0.453. The minimum Gasteiger partial charge on any atom is -0.349 e. The van der Waals surface area contributed by atoms with Gasteiger partial charge >= 0.3 is 0 Å². The number of nitrogens with one attached hydrogen (secondary N) is 3. The van der Waals surface area contributed by atoms with Gasteiger partial charge in [0.2, 0.25) is 5.91 Å². The van der Waals surface area contributed by atoms with Gasteiger partial charge in [0, 0.05) is 30.9 Å². The average Bonchev–Trinajstić information content (AvgIpc) is 2.46. The highest BCUT2D eigenvalue weighted by molar-refractivity contribution is 6.02. The molecule has 0 atom stereocenters. The van der Waals surface area contributed by atoms with Crippen LogP contribution < -0.4 is 16.0 Å². The second-order valence-electron chi connectivity index (χ2n) is 5.96. The molecule has 3 N–H and O–H groups in total. The third-order valence-electron chi connectivity index (χ3n) is 2.84. The molecule has 2 amide bonds. The van der Waals surface area contributed by atoms with E-state index in [1.807, 2.05) is 0 Å². The number of nitrogens with zero attached hydrogens (tertiary/aromatic N) is 2. The SMILES string of the molecule is CCCNCCNC(=O)c1nccnc1NC(=O)C(C)(C)C.Cl.Cl. The number of carbonyl (C=O) groups excluding carboxylic acids is 2. The third-order valence-corrected chi connectivity index (χ3v) is 2.84. The molecule has 24 heavy (non-hydrogen) atoms. The number of carbonyl (C=O) groups is 2. The van der Waals surface area contributed by atoms with E-state index in [9.17, 15) is 9.59 Å². The Balaban J connectivity index is 0. The van der Waals surface area contributed by atoms with E-state index in [1.54, 1.807) is 20.8 Å². The molecule has 1 heterocycles. The Morgan fingerprint density at radius 1 is 1.04 bits per heavy atom. The molecule has 0 saturated heterocycles. The molecule has 0 unspecified atom stereocenters. The fourth-order valence-corrected chi connectivity index (χ4v) is 1.54. The second-order valence-corrected chi connectivity index (χ2v) is 5.96. The smallest absolute Gasteiger partial charge is 0.273 e. The Morgan fingerprint density at radius 2 is 1.67 bits per heavy atom. The topological polar surface area (TPSA) is 96.0 Å². The summed E-state index contributed by atoms with van der Waals surface area (Å²) >= 11 is 0. The van der Waals surface area contributed by atoms with Crippen LogP contribution in [0.3, 0.4) is 0 Å². The summed E-state index contributed by atoms with van der Waals surface area (Å²) in [5, 5.41) is 8.60. The molecule has 0 radical (unpaired) electrons. The van der Waals surface area contributed by atoms with Crippen LogP contribution in [-0.2, 0) is 4.79 Å². The normalized spacial score (nSPS) is 10.2. The summed E-state index contributed by atoms with van der Waals surface area (Å²) in [6, 6.07) is 0. The maximum Gasteiger partial charge on any atom is 0.273 e. The third kappa shape index (κ3) is 8.42. The molecule has 0 aromatic carbocycles. The van der Waals surface area contributed by atoms with Crippen LogP contribution in [0.1, 0.15) is 44.6 Å². The van der Waals surface area contributed by atoms with Gasteiger partial charge in [0.25, 0.3) is 5.91 Å². The molecule has 0 saturated carbocycles. The van der Waals surface area contributed by atoms with Crippen molar-refractivity contribution < 1.29 is 9.59 Å². The van der Waals surface area contributed by atoms with Gasteiger partial charge in [0.05, 0.1) is 0 Å². The van der Waals surface area contributed by atoms with Crippen LogP contribution in [-0.4, -0.2) is 41.4 Å². The van der Waals surface area contributed by atoms with E-state index in [-0.39, 0.29) is 48.1 Å². The number of halogens is 2. The monoisotopic (exact) mass is 379 g/mol. The van der Waals surface area contributed by atoms with Crippen molar-refractivity contribution in [1.82, 2.24) is 20.6 Å². The first-order valence-electron chi connectivity index (χ1n) is 7.47. The van der Waals surface area contributed by atoms with E-state index >= 15 is 0 Å². The zero-order valence-electron chi connectivity index (χ0n) is 14.5. The summed E-state index contributed by atoms with van der Waals surface area (Å²) < 4.78 is 0. The molecule has 0 aliphatic rings. The van der Waals surface area contributed by atoms with Crippen LogP contribution in [0.15, 0.2) is 12.4 Å². The van der Waals surface area contributed by atoms with Gasteiger partial charge in [-0.3, -0.25) is 9.59 Å². The van der Waals surface area contributed by atoms with E-state index in [2.05, 4.69) is 32.8 Å². The van der Waals surface area contributed by atoms with Gasteiger partial charge in [-0.05, 0) is 13.0 Å². The molecular weight excluding hydrogens is 353 g/mol. The zero-order valence-corrected chi connectivity index (χ0v) is 16.1. The Bertz CT molecular complexity index is 521. The first-order valence-corrected chi connectivity index (χ1v) is 7.47. The first kappa shape index (κ1) is 24.8. The summed E-state index contributed by atoms with van der Waals surface area (Å²) in [6.45, 7) is 9.53. The lowest BCUT2D eigenvalue weighted by molar-refractivity contribution is -0.123. The maximum absolute atomic E-state index is 12.1. The molecule has 0 bridgehead atoms. The van der Waals surface area contributed by atoms with Crippen LogP contribution in [0.2, 0.25) is 0 Å². The molecule has 0 aliphatic heterocycles. The molecule has 0 spiro atoms. The predicted octanol–water partition coefficient (Wildman–Crippen LogP) is 2.03. The summed E-state index contributed by atoms with van der Waals surface area (Å²) in [5.74, 6) is -0.385. The molecule has 7 nitrogen and oxygen atoms in total. The van der Waals surface area contributed by atoms with Crippen molar-refractivity contribution in [3.05, 3.63) is 18.1 Å². The fraction of sp³-hybridized carbons (Fsp3) is 0.600. The maximum atomic E-state index is 12.1. The lowest BCUT2D eigenvalue weighted by atomic mass is 9.96. The van der Waals surface area contributed by atoms with Crippen LogP contribution in [0.4, 0.5) is 5.82 Å². The molecule has 0 aliphatic carbocycles. The van der Waals surface area contributed by atoms with Gasteiger partial charge in [-0.2, -0.15) is 0 Å². The number of rotatable bonds is 7. The van der Waals surface area contributed by atoms with E-state index in [4.69, 9.17) is 0 Å². The van der Waals surface area contributed by atoms with Crippen LogP contribution >= 0.6 is 24.8 Å². The number of aromatic nitrogens is 2. The molecule has 1 rings (SSSR count). The average molecular weight is 380 g/mol. The highest BCUT2D eigenvalue weighted by Crippen LogP contribution is 2.17. The van der Waals surface area contributed by atoms with Crippen LogP contribution in [0, 0.1) is 5.41 Å². The summed E-state index contributed by atoms with van der Waals surface area (Å²) in [6.07, 6.45) is 3.91. The molecular formula is C15H27Cl2N5O2. The number of amides is 2. The van der Waals surface area contributed by atoms with Crippen LogP contribution in [0.5, 0.6) is 0 Å². The van der Waals surface area contributed by atoms with Gasteiger partial charge < -0.3 is 16.0 Å². The van der Waals surface area contributed by atoms with Gasteiger partial charge in [-0.1, -0.05) is 27.7 Å². The largest absolute Gasteiger partial charge is 0.349 e. The molecule has 1 aromatic heterocycles. The quantitative estimate of drug-likeness (QED) is 0.629. The van der Waals surface area contributed by atoms with E-state index in [0.29, 0.717) is 13.1 Å². The molecule has 0 fully saturated rings. The summed E-state index contributed by atoms with van der Waals surface area (Å²) in [4.78, 5) is 32.2. The number of hydrogen-bond acceptors (Lipinski definition) is 5. The van der Waals surface area contributed by atoms with Crippen LogP contribution in [0.25, 0.3) is 0 Å². The molecule has 9 heteroatoms. The fourth-order valence-electron chi connectivity index (χ4n) is 1.54. The molecule has 1 aromatic rings. The zero-order chi connectivity index (χ0) is 16.6. The van der Waals surface area contributed by atoms with E-state index in [0.717, 1.165) is 13.0 Å². The highest BCUT2D eigenvalue weighted by Gasteiger charge is 2.24. The Morgan fingerprint density at radius 3 is 2.25 bits per heavy atom. The van der Waals surface area contributed by atoms with Gasteiger partial charge in [0.15, 0.2) is 11.5 Å². The first-order chi connectivity index (χ1) is 10.4.